The molecular weight excluding hydrogens is 547 g/mol. The van der Waals surface area contributed by atoms with Crippen LogP contribution in [0, 0.1) is 0 Å². The first kappa shape index (κ1) is 31.2. The van der Waals surface area contributed by atoms with Crippen LogP contribution in [0.2, 0.25) is 5.02 Å². The molecule has 0 heterocycles. The highest BCUT2D eigenvalue weighted by Gasteiger charge is 2.34. The maximum atomic E-state index is 13.5. The molecule has 2 aromatic rings. The average molecular weight is 578 g/mol. The number of carbonyl (C=O) groups excluding carboxylic acids is 2. The second kappa shape index (κ2) is 12.7. The van der Waals surface area contributed by atoms with Gasteiger partial charge < -0.3 is 15.0 Å². The second-order valence-electron chi connectivity index (χ2n) is 8.80. The molecule has 0 spiro atoms. The predicted molar refractivity (Wildman–Crippen MR) is 140 cm³/mol. The molecule has 0 aliphatic heterocycles. The van der Waals surface area contributed by atoms with Crippen molar-refractivity contribution in [3.05, 3.63) is 58.6 Å². The van der Waals surface area contributed by atoms with Crippen LogP contribution in [0.15, 0.2) is 42.5 Å². The van der Waals surface area contributed by atoms with Gasteiger partial charge in [-0.3, -0.25) is 13.9 Å². The summed E-state index contributed by atoms with van der Waals surface area (Å²) >= 11 is 6.08. The Labute approximate surface area is 225 Å². The number of nitrogens with zero attached hydrogens (tertiary/aromatic N) is 2. The van der Waals surface area contributed by atoms with E-state index in [0.717, 1.165) is 12.3 Å². The first-order chi connectivity index (χ1) is 17.6. The Balaban J connectivity index is 2.49. The van der Waals surface area contributed by atoms with Gasteiger partial charge in [0.2, 0.25) is 21.8 Å². The van der Waals surface area contributed by atoms with E-state index in [1.54, 1.807) is 31.2 Å². The highest BCUT2D eigenvalue weighted by atomic mass is 35.5. The molecule has 8 nitrogen and oxygen atoms in total. The van der Waals surface area contributed by atoms with Crippen LogP contribution in [0.4, 0.5) is 18.9 Å². The fourth-order valence-electron chi connectivity index (χ4n) is 3.45. The van der Waals surface area contributed by atoms with E-state index in [9.17, 15) is 31.2 Å². The first-order valence-corrected chi connectivity index (χ1v) is 13.9. The zero-order chi connectivity index (χ0) is 28.8. The van der Waals surface area contributed by atoms with E-state index >= 15 is 0 Å². The Morgan fingerprint density at radius 2 is 1.71 bits per heavy atom. The third-order valence-corrected chi connectivity index (χ3v) is 7.35. The summed E-state index contributed by atoms with van der Waals surface area (Å²) in [6.07, 6.45) is -3.37. The number of methoxy groups -OCH3 is 1. The number of rotatable bonds is 11. The Morgan fingerprint density at radius 3 is 2.21 bits per heavy atom. The third kappa shape index (κ3) is 8.26. The van der Waals surface area contributed by atoms with Crippen molar-refractivity contribution < 1.29 is 35.9 Å². The Morgan fingerprint density at radius 1 is 1.11 bits per heavy atom. The third-order valence-electron chi connectivity index (χ3n) is 5.90. The Bertz CT molecular complexity index is 1240. The van der Waals surface area contributed by atoms with Gasteiger partial charge in [-0.15, -0.1) is 0 Å². The van der Waals surface area contributed by atoms with Crippen molar-refractivity contribution in [3.63, 3.8) is 0 Å². The SMILES string of the molecule is CC[C@H](C)NC(=O)[C@H](C)N(Cc1ccc(OC)cc1)C(=O)CN(c1cc(C(F)(F)F)ccc1Cl)S(C)(=O)=O. The smallest absolute Gasteiger partial charge is 0.416 e. The van der Waals surface area contributed by atoms with E-state index in [4.69, 9.17) is 16.3 Å². The van der Waals surface area contributed by atoms with Crippen molar-refractivity contribution in [2.24, 2.45) is 0 Å². The van der Waals surface area contributed by atoms with Gasteiger partial charge in [0.15, 0.2) is 0 Å². The summed E-state index contributed by atoms with van der Waals surface area (Å²) in [5.74, 6) is -0.715. The normalized spacial score (nSPS) is 13.4. The number of sulfonamides is 1. The van der Waals surface area contributed by atoms with E-state index in [2.05, 4.69) is 5.32 Å². The molecule has 13 heteroatoms. The average Bonchev–Trinajstić information content (AvgIpc) is 2.84. The van der Waals surface area contributed by atoms with E-state index in [-0.39, 0.29) is 17.6 Å². The fraction of sp³-hybridized carbons (Fsp3) is 0.440. The molecule has 2 aromatic carbocycles. The van der Waals surface area contributed by atoms with E-state index < -0.39 is 51.9 Å². The Kier molecular flexibility index (Phi) is 10.4. The van der Waals surface area contributed by atoms with Crippen LogP contribution < -0.4 is 14.4 Å². The topological polar surface area (TPSA) is 96.0 Å². The van der Waals surface area contributed by atoms with Gasteiger partial charge in [0.25, 0.3) is 0 Å². The number of alkyl halides is 3. The van der Waals surface area contributed by atoms with E-state index in [0.29, 0.717) is 34.2 Å². The lowest BCUT2D eigenvalue weighted by Gasteiger charge is -2.32. The van der Waals surface area contributed by atoms with Crippen molar-refractivity contribution in [1.29, 1.82) is 0 Å². The van der Waals surface area contributed by atoms with Gasteiger partial charge in [-0.25, -0.2) is 8.42 Å². The molecule has 2 rings (SSSR count). The van der Waals surface area contributed by atoms with Gasteiger partial charge in [0.1, 0.15) is 18.3 Å². The van der Waals surface area contributed by atoms with Crippen LogP contribution in [-0.2, 0) is 32.3 Å². The zero-order valence-electron chi connectivity index (χ0n) is 21.7. The van der Waals surface area contributed by atoms with Crippen molar-refractivity contribution in [2.75, 3.05) is 24.2 Å². The quantitative estimate of drug-likeness (QED) is 0.425. The number of nitrogens with one attached hydrogen (secondary N) is 1. The number of anilines is 1. The first-order valence-electron chi connectivity index (χ1n) is 11.7. The lowest BCUT2D eigenvalue weighted by atomic mass is 10.1. The molecule has 1 N–H and O–H groups in total. The lowest BCUT2D eigenvalue weighted by Crippen LogP contribution is -2.52. The fourth-order valence-corrected chi connectivity index (χ4v) is 4.57. The minimum atomic E-state index is -4.77. The van der Waals surface area contributed by atoms with Gasteiger partial charge in [-0.2, -0.15) is 13.2 Å². The minimum Gasteiger partial charge on any atom is -0.497 e. The largest absolute Gasteiger partial charge is 0.497 e. The van der Waals surface area contributed by atoms with Crippen LogP contribution in [0.25, 0.3) is 0 Å². The van der Waals surface area contributed by atoms with Crippen LogP contribution in [0.5, 0.6) is 5.75 Å². The maximum Gasteiger partial charge on any atom is 0.416 e. The van der Waals surface area contributed by atoms with Gasteiger partial charge >= 0.3 is 6.18 Å². The monoisotopic (exact) mass is 577 g/mol. The van der Waals surface area contributed by atoms with Gasteiger partial charge in [-0.05, 0) is 56.2 Å². The molecule has 0 radical (unpaired) electrons. The lowest BCUT2D eigenvalue weighted by molar-refractivity contribution is -0.139. The number of ether oxygens (including phenoxy) is 1. The summed E-state index contributed by atoms with van der Waals surface area (Å²) in [6, 6.07) is 7.66. The minimum absolute atomic E-state index is 0.0775. The highest BCUT2D eigenvalue weighted by Crippen LogP contribution is 2.36. The second-order valence-corrected chi connectivity index (χ2v) is 11.1. The summed E-state index contributed by atoms with van der Waals surface area (Å²) in [7, 11) is -2.77. The molecule has 0 aromatic heterocycles. The highest BCUT2D eigenvalue weighted by molar-refractivity contribution is 7.92. The van der Waals surface area contributed by atoms with Crippen molar-refractivity contribution >= 4 is 39.1 Å². The molecular formula is C25H31ClF3N3O5S. The van der Waals surface area contributed by atoms with Crippen LogP contribution >= 0.6 is 11.6 Å². The number of hydrogen-bond acceptors (Lipinski definition) is 5. The number of carbonyl (C=O) groups is 2. The molecule has 210 valence electrons. The molecule has 2 atom stereocenters. The Hall–Kier alpha value is -2.99. The molecule has 0 bridgehead atoms. The van der Waals surface area contributed by atoms with Crippen molar-refractivity contribution in [2.45, 2.75) is 52.0 Å². The molecule has 2 amide bonds. The molecule has 38 heavy (non-hydrogen) atoms. The van der Waals surface area contributed by atoms with Gasteiger partial charge in [0, 0.05) is 12.6 Å². The molecule has 0 saturated carbocycles. The summed E-state index contributed by atoms with van der Waals surface area (Å²) < 4.78 is 70.9. The summed E-state index contributed by atoms with van der Waals surface area (Å²) in [6.45, 7) is 4.20. The van der Waals surface area contributed by atoms with Crippen LogP contribution in [0.3, 0.4) is 0 Å². The van der Waals surface area contributed by atoms with Crippen LogP contribution in [0.1, 0.15) is 38.3 Å². The molecule has 0 unspecified atom stereocenters. The molecule has 0 saturated heterocycles. The standard InChI is InChI=1S/C25H31ClF3N3O5S/c1-6-16(2)30-24(34)17(3)31(14-18-7-10-20(37-4)11-8-18)23(33)15-32(38(5,35)36)22-13-19(25(27,28)29)9-12-21(22)26/h7-13,16-17H,6,14-15H2,1-5H3,(H,30,34)/t16-,17-/m0/s1. The van der Waals surface area contributed by atoms with Crippen LogP contribution in [-0.4, -0.2) is 57.1 Å². The summed E-state index contributed by atoms with van der Waals surface area (Å²) in [5, 5.41) is 2.50. The van der Waals surface area contributed by atoms with E-state index in [1.807, 2.05) is 6.92 Å². The predicted octanol–water partition coefficient (Wildman–Crippen LogP) is 4.47. The maximum absolute atomic E-state index is 13.5. The number of benzene rings is 2. The van der Waals surface area contributed by atoms with Gasteiger partial charge in [0.05, 0.1) is 29.6 Å². The van der Waals surface area contributed by atoms with Crippen molar-refractivity contribution in [1.82, 2.24) is 10.2 Å². The molecule has 0 aliphatic rings. The summed E-state index contributed by atoms with van der Waals surface area (Å²) in [4.78, 5) is 27.6. The number of halogens is 4. The molecule has 0 aliphatic carbocycles. The number of amides is 2. The van der Waals surface area contributed by atoms with Gasteiger partial charge in [-0.1, -0.05) is 30.7 Å². The van der Waals surface area contributed by atoms with E-state index in [1.165, 1.54) is 18.9 Å². The zero-order valence-corrected chi connectivity index (χ0v) is 23.2. The molecule has 0 fully saturated rings. The number of hydrogen-bond donors (Lipinski definition) is 1. The van der Waals surface area contributed by atoms with Crippen molar-refractivity contribution in [3.8, 4) is 5.75 Å². The summed E-state index contributed by atoms with van der Waals surface area (Å²) in [5.41, 5.74) is -1.02.